The SMILES string of the molecule is N#Cc1cccc2c(Nc3cccc(C(F)(F)F)c3)nccc12. The third-order valence-electron chi connectivity index (χ3n) is 3.38. The van der Waals surface area contributed by atoms with E-state index in [0.29, 0.717) is 22.2 Å². The molecule has 3 aromatic rings. The summed E-state index contributed by atoms with van der Waals surface area (Å²) in [6.45, 7) is 0. The van der Waals surface area contributed by atoms with E-state index in [1.54, 1.807) is 24.3 Å². The van der Waals surface area contributed by atoms with E-state index < -0.39 is 11.7 Å². The fraction of sp³-hybridized carbons (Fsp3) is 0.0588. The van der Waals surface area contributed by atoms with Crippen molar-refractivity contribution in [2.45, 2.75) is 6.18 Å². The fourth-order valence-corrected chi connectivity index (χ4v) is 2.31. The first kappa shape index (κ1) is 14.9. The van der Waals surface area contributed by atoms with Gasteiger partial charge in [0.05, 0.1) is 17.2 Å². The maximum atomic E-state index is 12.8. The molecule has 0 atom stereocenters. The van der Waals surface area contributed by atoms with Crippen LogP contribution in [0.5, 0.6) is 0 Å². The van der Waals surface area contributed by atoms with Crippen molar-refractivity contribution in [1.82, 2.24) is 4.98 Å². The van der Waals surface area contributed by atoms with Gasteiger partial charge in [0.1, 0.15) is 5.82 Å². The Bertz CT molecular complexity index is 911. The molecule has 0 bridgehead atoms. The maximum absolute atomic E-state index is 12.8. The Balaban J connectivity index is 2.05. The largest absolute Gasteiger partial charge is 0.416 e. The van der Waals surface area contributed by atoms with Crippen molar-refractivity contribution < 1.29 is 13.2 Å². The zero-order valence-electron chi connectivity index (χ0n) is 11.7. The number of anilines is 2. The minimum Gasteiger partial charge on any atom is -0.340 e. The van der Waals surface area contributed by atoms with Crippen LogP contribution in [-0.2, 0) is 6.18 Å². The summed E-state index contributed by atoms with van der Waals surface area (Å²) >= 11 is 0. The summed E-state index contributed by atoms with van der Waals surface area (Å²) in [4.78, 5) is 4.17. The van der Waals surface area contributed by atoms with E-state index in [-0.39, 0.29) is 5.69 Å². The van der Waals surface area contributed by atoms with Crippen molar-refractivity contribution in [3.63, 3.8) is 0 Å². The fourth-order valence-electron chi connectivity index (χ4n) is 2.31. The van der Waals surface area contributed by atoms with Crippen LogP contribution in [0.1, 0.15) is 11.1 Å². The number of pyridine rings is 1. The van der Waals surface area contributed by atoms with Gasteiger partial charge in [-0.3, -0.25) is 0 Å². The number of aromatic nitrogens is 1. The first-order chi connectivity index (χ1) is 11.0. The second-order valence-corrected chi connectivity index (χ2v) is 4.88. The number of rotatable bonds is 2. The number of nitriles is 1. The van der Waals surface area contributed by atoms with Crippen LogP contribution in [0.25, 0.3) is 10.8 Å². The number of alkyl halides is 3. The quantitative estimate of drug-likeness (QED) is 0.734. The van der Waals surface area contributed by atoms with Crippen molar-refractivity contribution in [2.24, 2.45) is 0 Å². The first-order valence-corrected chi connectivity index (χ1v) is 6.71. The van der Waals surface area contributed by atoms with E-state index in [4.69, 9.17) is 5.26 Å². The Hall–Kier alpha value is -3.07. The number of hydrogen-bond acceptors (Lipinski definition) is 3. The smallest absolute Gasteiger partial charge is 0.340 e. The van der Waals surface area contributed by atoms with E-state index in [0.717, 1.165) is 12.1 Å². The molecule has 3 nitrogen and oxygen atoms in total. The van der Waals surface area contributed by atoms with Gasteiger partial charge in [0.15, 0.2) is 0 Å². The second-order valence-electron chi connectivity index (χ2n) is 4.88. The van der Waals surface area contributed by atoms with Crippen LogP contribution in [0.2, 0.25) is 0 Å². The normalized spacial score (nSPS) is 11.2. The monoisotopic (exact) mass is 313 g/mol. The van der Waals surface area contributed by atoms with Gasteiger partial charge in [-0.1, -0.05) is 18.2 Å². The highest BCUT2D eigenvalue weighted by molar-refractivity contribution is 5.96. The standard InChI is InChI=1S/C17H10F3N3/c18-17(19,20)12-4-2-5-13(9-12)23-16-15-6-1-3-11(10-21)14(15)7-8-22-16/h1-9H,(H,22,23). The van der Waals surface area contributed by atoms with Crippen LogP contribution < -0.4 is 5.32 Å². The molecule has 0 saturated carbocycles. The summed E-state index contributed by atoms with van der Waals surface area (Å²) in [5, 5.41) is 13.4. The average molecular weight is 313 g/mol. The number of halogens is 3. The Morgan fingerprint density at radius 3 is 2.52 bits per heavy atom. The van der Waals surface area contributed by atoms with Crippen LogP contribution in [0.4, 0.5) is 24.7 Å². The van der Waals surface area contributed by atoms with Crippen molar-refractivity contribution in [1.29, 1.82) is 5.26 Å². The molecule has 0 aliphatic carbocycles. The van der Waals surface area contributed by atoms with Gasteiger partial charge in [-0.25, -0.2) is 4.98 Å². The number of hydrogen-bond donors (Lipinski definition) is 1. The van der Waals surface area contributed by atoms with Gasteiger partial charge in [-0.15, -0.1) is 0 Å². The molecule has 1 heterocycles. The molecule has 3 rings (SSSR count). The summed E-state index contributed by atoms with van der Waals surface area (Å²) in [6.07, 6.45) is -2.89. The van der Waals surface area contributed by atoms with Gasteiger partial charge in [0, 0.05) is 22.7 Å². The van der Waals surface area contributed by atoms with Crippen LogP contribution in [-0.4, -0.2) is 4.98 Å². The minimum absolute atomic E-state index is 0.280. The summed E-state index contributed by atoms with van der Waals surface area (Å²) in [7, 11) is 0. The molecule has 2 aromatic carbocycles. The van der Waals surface area contributed by atoms with Gasteiger partial charge in [0.25, 0.3) is 0 Å². The third-order valence-corrected chi connectivity index (χ3v) is 3.38. The molecule has 6 heteroatoms. The summed E-state index contributed by atoms with van der Waals surface area (Å²) < 4.78 is 38.3. The number of fused-ring (bicyclic) bond motifs is 1. The lowest BCUT2D eigenvalue weighted by Gasteiger charge is -2.12. The summed E-state index contributed by atoms with van der Waals surface area (Å²) in [5.74, 6) is 0.402. The summed E-state index contributed by atoms with van der Waals surface area (Å²) in [5.41, 5.74) is 0.0274. The van der Waals surface area contributed by atoms with Gasteiger partial charge < -0.3 is 5.32 Å². The first-order valence-electron chi connectivity index (χ1n) is 6.71. The molecule has 1 aromatic heterocycles. The predicted molar refractivity (Wildman–Crippen MR) is 81.2 cm³/mol. The number of benzene rings is 2. The predicted octanol–water partition coefficient (Wildman–Crippen LogP) is 4.87. The van der Waals surface area contributed by atoms with E-state index in [1.165, 1.54) is 18.3 Å². The van der Waals surface area contributed by atoms with Crippen LogP contribution in [0, 0.1) is 11.3 Å². The van der Waals surface area contributed by atoms with Crippen molar-refractivity contribution in [2.75, 3.05) is 5.32 Å². The topological polar surface area (TPSA) is 48.7 Å². The highest BCUT2D eigenvalue weighted by Crippen LogP contribution is 2.32. The van der Waals surface area contributed by atoms with Gasteiger partial charge in [0.2, 0.25) is 0 Å². The van der Waals surface area contributed by atoms with Gasteiger partial charge in [-0.05, 0) is 30.3 Å². The van der Waals surface area contributed by atoms with E-state index >= 15 is 0 Å². The second kappa shape index (κ2) is 5.61. The molecular formula is C17H10F3N3. The molecule has 114 valence electrons. The third kappa shape index (κ3) is 2.94. The number of nitrogens with zero attached hydrogens (tertiary/aromatic N) is 2. The molecule has 0 fully saturated rings. The van der Waals surface area contributed by atoms with Crippen molar-refractivity contribution >= 4 is 22.3 Å². The van der Waals surface area contributed by atoms with Crippen molar-refractivity contribution in [3.8, 4) is 6.07 Å². The zero-order chi connectivity index (χ0) is 16.4. The van der Waals surface area contributed by atoms with Gasteiger partial charge in [-0.2, -0.15) is 18.4 Å². The van der Waals surface area contributed by atoms with Crippen LogP contribution >= 0.6 is 0 Å². The molecule has 0 amide bonds. The van der Waals surface area contributed by atoms with E-state index in [2.05, 4.69) is 16.4 Å². The average Bonchev–Trinajstić information content (AvgIpc) is 2.54. The highest BCUT2D eigenvalue weighted by Gasteiger charge is 2.30. The molecular weight excluding hydrogens is 303 g/mol. The van der Waals surface area contributed by atoms with E-state index in [9.17, 15) is 13.2 Å². The molecule has 0 aliphatic heterocycles. The molecule has 0 aliphatic rings. The molecule has 0 unspecified atom stereocenters. The Kier molecular flexibility index (Phi) is 3.62. The number of nitrogens with one attached hydrogen (secondary N) is 1. The highest BCUT2D eigenvalue weighted by atomic mass is 19.4. The molecule has 23 heavy (non-hydrogen) atoms. The lowest BCUT2D eigenvalue weighted by Crippen LogP contribution is -2.05. The zero-order valence-corrected chi connectivity index (χ0v) is 11.7. The van der Waals surface area contributed by atoms with Crippen LogP contribution in [0.15, 0.2) is 54.7 Å². The molecule has 0 spiro atoms. The Morgan fingerprint density at radius 2 is 1.78 bits per heavy atom. The minimum atomic E-state index is -4.40. The van der Waals surface area contributed by atoms with E-state index in [1.807, 2.05) is 0 Å². The Morgan fingerprint density at radius 1 is 1.00 bits per heavy atom. The maximum Gasteiger partial charge on any atom is 0.416 e. The lowest BCUT2D eigenvalue weighted by atomic mass is 10.1. The molecule has 0 saturated heterocycles. The lowest BCUT2D eigenvalue weighted by molar-refractivity contribution is -0.137. The molecule has 1 N–H and O–H groups in total. The molecule has 0 radical (unpaired) electrons. The van der Waals surface area contributed by atoms with Crippen LogP contribution in [0.3, 0.4) is 0 Å². The Labute approximate surface area is 130 Å². The van der Waals surface area contributed by atoms with Crippen molar-refractivity contribution in [3.05, 3.63) is 65.9 Å². The summed E-state index contributed by atoms with van der Waals surface area (Å²) in [6, 6.07) is 13.8. The van der Waals surface area contributed by atoms with Gasteiger partial charge >= 0.3 is 6.18 Å².